The highest BCUT2D eigenvalue weighted by Gasteiger charge is 2.29. The van der Waals surface area contributed by atoms with Crippen LogP contribution in [0.2, 0.25) is 0 Å². The van der Waals surface area contributed by atoms with Gasteiger partial charge in [-0.3, -0.25) is 4.79 Å². The van der Waals surface area contributed by atoms with Crippen LogP contribution >= 0.6 is 0 Å². The predicted octanol–water partition coefficient (Wildman–Crippen LogP) is 1.59. The summed E-state index contributed by atoms with van der Waals surface area (Å²) in [5.74, 6) is 1.23. The number of hydrogen-bond donors (Lipinski definition) is 1. The van der Waals surface area contributed by atoms with E-state index >= 15 is 0 Å². The first-order valence-electron chi connectivity index (χ1n) is 10.5. The Morgan fingerprint density at radius 1 is 1.21 bits per heavy atom. The molecule has 1 atom stereocenters. The molecule has 8 nitrogen and oxygen atoms in total. The smallest absolute Gasteiger partial charge is 0.255 e. The minimum atomic E-state index is 0.129. The Balaban J connectivity index is 1.39. The summed E-state index contributed by atoms with van der Waals surface area (Å²) in [6.07, 6.45) is 7.68. The van der Waals surface area contributed by atoms with Gasteiger partial charge >= 0.3 is 0 Å². The molecule has 0 spiro atoms. The molecular weight excluding hydrogens is 368 g/mol. The fourth-order valence-electron chi connectivity index (χ4n) is 4.36. The van der Waals surface area contributed by atoms with E-state index in [1.807, 2.05) is 23.2 Å². The Kier molecular flexibility index (Phi) is 6.41. The highest BCUT2D eigenvalue weighted by Crippen LogP contribution is 2.29. The molecule has 2 aliphatic rings. The number of anilines is 1. The third-order valence-corrected chi connectivity index (χ3v) is 5.94. The summed E-state index contributed by atoms with van der Waals surface area (Å²) in [5.41, 5.74) is 1.92. The maximum absolute atomic E-state index is 13.2. The second kappa shape index (κ2) is 9.37. The van der Waals surface area contributed by atoms with Crippen LogP contribution in [-0.4, -0.2) is 90.2 Å². The number of amides is 1. The number of methoxy groups -OCH3 is 1. The van der Waals surface area contributed by atoms with Crippen molar-refractivity contribution < 1.29 is 9.53 Å². The van der Waals surface area contributed by atoms with Crippen LogP contribution in [0.15, 0.2) is 30.7 Å². The van der Waals surface area contributed by atoms with Crippen LogP contribution in [0.3, 0.4) is 0 Å². The summed E-state index contributed by atoms with van der Waals surface area (Å²) in [5, 5.41) is 0. The Morgan fingerprint density at radius 3 is 2.76 bits per heavy atom. The second-order valence-corrected chi connectivity index (χ2v) is 7.77. The van der Waals surface area contributed by atoms with Crippen LogP contribution in [0, 0.1) is 0 Å². The molecule has 156 valence electrons. The zero-order valence-electron chi connectivity index (χ0n) is 17.1. The lowest BCUT2D eigenvalue weighted by Gasteiger charge is -2.35. The quantitative estimate of drug-likeness (QED) is 0.796. The Bertz CT molecular complexity index is 787. The lowest BCUT2D eigenvalue weighted by atomic mass is 9.92. The van der Waals surface area contributed by atoms with E-state index in [1.54, 1.807) is 19.5 Å². The molecule has 0 aliphatic carbocycles. The fourth-order valence-corrected chi connectivity index (χ4v) is 4.36. The molecule has 1 amide bonds. The third-order valence-electron chi connectivity index (χ3n) is 5.94. The maximum Gasteiger partial charge on any atom is 0.255 e. The van der Waals surface area contributed by atoms with Crippen LogP contribution in [0.4, 0.5) is 5.95 Å². The van der Waals surface area contributed by atoms with E-state index in [9.17, 15) is 4.79 Å². The largest absolute Gasteiger partial charge is 0.383 e. The number of H-pyrrole nitrogens is 1. The minimum absolute atomic E-state index is 0.129. The molecule has 0 bridgehead atoms. The van der Waals surface area contributed by atoms with Crippen molar-refractivity contribution in [2.24, 2.45) is 0 Å². The summed E-state index contributed by atoms with van der Waals surface area (Å²) in [6.45, 7) is 6.65. The standard InChI is InChI=1S/C21H30N6O2/c1-29-15-14-25-9-2-4-17(16-25)19-18(5-8-22-19)20(28)26-10-12-27(13-11-26)21-23-6-3-7-24-21/h3,5-8,17,22H,2,4,9-16H2,1H3. The van der Waals surface area contributed by atoms with Crippen molar-refractivity contribution in [3.05, 3.63) is 42.0 Å². The van der Waals surface area contributed by atoms with Crippen LogP contribution in [0.25, 0.3) is 0 Å². The normalized spacial score (nSPS) is 20.8. The minimum Gasteiger partial charge on any atom is -0.383 e. The summed E-state index contributed by atoms with van der Waals surface area (Å²) >= 11 is 0. The lowest BCUT2D eigenvalue weighted by molar-refractivity contribution is 0.0743. The predicted molar refractivity (Wildman–Crippen MR) is 111 cm³/mol. The van der Waals surface area contributed by atoms with Crippen molar-refractivity contribution in [1.29, 1.82) is 0 Å². The number of carbonyl (C=O) groups excluding carboxylic acids is 1. The van der Waals surface area contributed by atoms with Gasteiger partial charge in [0.1, 0.15) is 0 Å². The van der Waals surface area contributed by atoms with Gasteiger partial charge in [-0.05, 0) is 31.5 Å². The number of nitrogens with one attached hydrogen (secondary N) is 1. The number of aromatic amines is 1. The van der Waals surface area contributed by atoms with Gasteiger partial charge in [0.05, 0.1) is 12.2 Å². The molecule has 4 heterocycles. The summed E-state index contributed by atoms with van der Waals surface area (Å²) in [6, 6.07) is 3.76. The highest BCUT2D eigenvalue weighted by atomic mass is 16.5. The molecule has 1 N–H and O–H groups in total. The lowest BCUT2D eigenvalue weighted by Crippen LogP contribution is -2.49. The van der Waals surface area contributed by atoms with Crippen molar-refractivity contribution >= 4 is 11.9 Å². The molecule has 29 heavy (non-hydrogen) atoms. The average molecular weight is 399 g/mol. The summed E-state index contributed by atoms with van der Waals surface area (Å²) in [7, 11) is 1.74. The Labute approximate surface area is 171 Å². The number of hydrogen-bond acceptors (Lipinski definition) is 6. The first-order valence-corrected chi connectivity index (χ1v) is 10.5. The van der Waals surface area contributed by atoms with Crippen LogP contribution in [0.1, 0.15) is 34.8 Å². The van der Waals surface area contributed by atoms with Crippen LogP contribution < -0.4 is 4.90 Å². The third kappa shape index (κ3) is 4.59. The second-order valence-electron chi connectivity index (χ2n) is 7.77. The molecule has 2 aromatic rings. The van der Waals surface area contributed by atoms with Crippen molar-refractivity contribution in [1.82, 2.24) is 24.8 Å². The Hall–Kier alpha value is -2.45. The fraction of sp³-hybridized carbons (Fsp3) is 0.571. The van der Waals surface area contributed by atoms with Gasteiger partial charge in [-0.2, -0.15) is 0 Å². The molecule has 2 saturated heterocycles. The number of piperazine rings is 1. The summed E-state index contributed by atoms with van der Waals surface area (Å²) in [4.78, 5) is 31.8. The highest BCUT2D eigenvalue weighted by molar-refractivity contribution is 5.95. The zero-order chi connectivity index (χ0) is 20.1. The van der Waals surface area contributed by atoms with E-state index in [2.05, 4.69) is 24.8 Å². The number of carbonyl (C=O) groups is 1. The number of rotatable bonds is 6. The molecule has 0 aromatic carbocycles. The van der Waals surface area contributed by atoms with Gasteiger partial charge in [-0.1, -0.05) is 0 Å². The molecule has 4 rings (SSSR count). The molecular formula is C21H30N6O2. The van der Waals surface area contributed by atoms with Gasteiger partial charge in [0.15, 0.2) is 0 Å². The average Bonchev–Trinajstić information content (AvgIpc) is 3.28. The van der Waals surface area contributed by atoms with Crippen molar-refractivity contribution in [2.75, 3.05) is 64.4 Å². The number of nitrogens with zero attached hydrogens (tertiary/aromatic N) is 5. The van der Waals surface area contributed by atoms with Gasteiger partial charge < -0.3 is 24.4 Å². The topological polar surface area (TPSA) is 77.6 Å². The monoisotopic (exact) mass is 398 g/mol. The molecule has 8 heteroatoms. The molecule has 2 aliphatic heterocycles. The summed E-state index contributed by atoms with van der Waals surface area (Å²) < 4.78 is 5.23. The maximum atomic E-state index is 13.2. The number of piperidine rings is 1. The molecule has 2 aromatic heterocycles. The van der Waals surface area contributed by atoms with Gasteiger partial charge in [0.2, 0.25) is 5.95 Å². The van der Waals surface area contributed by atoms with Crippen molar-refractivity contribution in [3.8, 4) is 0 Å². The molecule has 2 fully saturated rings. The van der Waals surface area contributed by atoms with E-state index < -0.39 is 0 Å². The molecule has 0 saturated carbocycles. The van der Waals surface area contributed by atoms with Crippen LogP contribution in [-0.2, 0) is 4.74 Å². The van der Waals surface area contributed by atoms with Gasteiger partial charge in [0.25, 0.3) is 5.91 Å². The van der Waals surface area contributed by atoms with Gasteiger partial charge in [0, 0.05) is 76.6 Å². The van der Waals surface area contributed by atoms with E-state index in [0.29, 0.717) is 19.0 Å². The Morgan fingerprint density at radius 2 is 2.00 bits per heavy atom. The number of likely N-dealkylation sites (tertiary alicyclic amines) is 1. The molecule has 0 radical (unpaired) electrons. The van der Waals surface area contributed by atoms with E-state index in [1.165, 1.54) is 0 Å². The SMILES string of the molecule is COCCN1CCCC(c2[nH]ccc2C(=O)N2CCN(c3ncccn3)CC2)C1. The molecule has 1 unspecified atom stereocenters. The van der Waals surface area contributed by atoms with E-state index in [0.717, 1.165) is 69.4 Å². The first-order chi connectivity index (χ1) is 14.3. The number of ether oxygens (including phenoxy) is 1. The van der Waals surface area contributed by atoms with Crippen LogP contribution in [0.5, 0.6) is 0 Å². The van der Waals surface area contributed by atoms with Gasteiger partial charge in [-0.15, -0.1) is 0 Å². The van der Waals surface area contributed by atoms with Gasteiger partial charge in [-0.25, -0.2) is 9.97 Å². The van der Waals surface area contributed by atoms with E-state index in [-0.39, 0.29) is 5.91 Å². The zero-order valence-corrected chi connectivity index (χ0v) is 17.1. The van der Waals surface area contributed by atoms with Crippen molar-refractivity contribution in [2.45, 2.75) is 18.8 Å². The van der Waals surface area contributed by atoms with E-state index in [4.69, 9.17) is 4.74 Å². The first kappa shape index (κ1) is 19.8. The van der Waals surface area contributed by atoms with Crippen molar-refractivity contribution in [3.63, 3.8) is 0 Å². The number of aromatic nitrogens is 3.